The first-order valence-electron chi connectivity index (χ1n) is 7.14. The van der Waals surface area contributed by atoms with Gasteiger partial charge in [0.05, 0.1) is 17.7 Å². The Morgan fingerprint density at radius 1 is 1.05 bits per heavy atom. The summed E-state index contributed by atoms with van der Waals surface area (Å²) in [5.74, 6) is 0.633. The van der Waals surface area contributed by atoms with E-state index in [4.69, 9.17) is 4.74 Å². The first-order chi connectivity index (χ1) is 10.4. The second-order valence-corrected chi connectivity index (χ2v) is 7.00. The average molecular weight is 319 g/mol. The molecule has 5 heteroatoms. The number of ether oxygens (including phenoxy) is 1. The smallest absolute Gasteiger partial charge is 0.264 e. The number of hydrogen-bond donors (Lipinski definition) is 0. The lowest BCUT2D eigenvalue weighted by Crippen LogP contribution is -2.31. The van der Waals surface area contributed by atoms with Gasteiger partial charge in [-0.1, -0.05) is 12.1 Å². The predicted octanol–water partition coefficient (Wildman–Crippen LogP) is 3.53. The van der Waals surface area contributed by atoms with Crippen LogP contribution in [0.4, 0.5) is 5.69 Å². The molecular formula is C17H21NO3S. The maximum absolute atomic E-state index is 12.9. The summed E-state index contributed by atoms with van der Waals surface area (Å²) >= 11 is 0. The summed E-state index contributed by atoms with van der Waals surface area (Å²) in [6, 6.07) is 12.3. The number of aryl methyl sites for hydroxylation is 2. The Hall–Kier alpha value is -2.01. The van der Waals surface area contributed by atoms with Crippen molar-refractivity contribution in [1.82, 2.24) is 0 Å². The van der Waals surface area contributed by atoms with Crippen LogP contribution in [0.3, 0.4) is 0 Å². The molecule has 0 amide bonds. The summed E-state index contributed by atoms with van der Waals surface area (Å²) in [6.07, 6.45) is 0. The molecule has 0 spiro atoms. The van der Waals surface area contributed by atoms with Gasteiger partial charge in [0.25, 0.3) is 10.0 Å². The van der Waals surface area contributed by atoms with Crippen LogP contribution in [-0.4, -0.2) is 22.1 Å². The molecule has 0 atom stereocenters. The van der Waals surface area contributed by atoms with E-state index in [2.05, 4.69) is 0 Å². The molecule has 0 heterocycles. The Labute approximate surface area is 132 Å². The van der Waals surface area contributed by atoms with Crippen LogP contribution in [0.2, 0.25) is 0 Å². The van der Waals surface area contributed by atoms with Crippen LogP contribution in [0.25, 0.3) is 0 Å². The van der Waals surface area contributed by atoms with Crippen molar-refractivity contribution in [3.8, 4) is 5.75 Å². The highest BCUT2D eigenvalue weighted by atomic mass is 32.2. The first kappa shape index (κ1) is 16.4. The zero-order valence-electron chi connectivity index (χ0n) is 13.3. The number of rotatable bonds is 5. The molecule has 2 aromatic carbocycles. The molecule has 0 bridgehead atoms. The minimum absolute atomic E-state index is 0.260. The third kappa shape index (κ3) is 3.09. The molecule has 0 aliphatic heterocycles. The Bertz CT molecular complexity index is 752. The van der Waals surface area contributed by atoms with Crippen LogP contribution in [0.5, 0.6) is 5.75 Å². The maximum atomic E-state index is 12.9. The van der Waals surface area contributed by atoms with Gasteiger partial charge < -0.3 is 4.74 Å². The fraction of sp³-hybridized carbons (Fsp3) is 0.294. The first-order valence-corrected chi connectivity index (χ1v) is 8.58. The summed E-state index contributed by atoms with van der Waals surface area (Å²) in [5, 5.41) is 0. The van der Waals surface area contributed by atoms with Crippen molar-refractivity contribution in [3.05, 3.63) is 53.6 Å². The van der Waals surface area contributed by atoms with E-state index in [0.717, 1.165) is 16.8 Å². The van der Waals surface area contributed by atoms with Crippen LogP contribution >= 0.6 is 0 Å². The second kappa shape index (κ2) is 6.40. The van der Waals surface area contributed by atoms with Crippen molar-refractivity contribution < 1.29 is 13.2 Å². The summed E-state index contributed by atoms with van der Waals surface area (Å²) in [5.41, 5.74) is 2.69. The number of nitrogens with zero attached hydrogens (tertiary/aromatic N) is 1. The molecule has 0 aromatic heterocycles. The molecule has 2 rings (SSSR count). The number of methoxy groups -OCH3 is 1. The SMILES string of the molecule is CCN(c1cc(C)ccc1C)S(=O)(=O)c1ccc(OC)cc1. The quantitative estimate of drug-likeness (QED) is 0.847. The average Bonchev–Trinajstić information content (AvgIpc) is 2.51. The minimum Gasteiger partial charge on any atom is -0.497 e. The largest absolute Gasteiger partial charge is 0.497 e. The van der Waals surface area contributed by atoms with Gasteiger partial charge in [0.1, 0.15) is 5.75 Å². The standard InChI is InChI=1S/C17H21NO3S/c1-5-18(17-12-13(2)6-7-14(17)3)22(19,20)16-10-8-15(21-4)9-11-16/h6-12H,5H2,1-4H3. The molecule has 0 aliphatic carbocycles. The van der Waals surface area contributed by atoms with Gasteiger partial charge in [-0.25, -0.2) is 8.42 Å². The Morgan fingerprint density at radius 2 is 1.68 bits per heavy atom. The van der Waals surface area contributed by atoms with E-state index in [9.17, 15) is 8.42 Å². The normalized spacial score (nSPS) is 11.3. The fourth-order valence-corrected chi connectivity index (χ4v) is 3.86. The molecular weight excluding hydrogens is 298 g/mol. The van der Waals surface area contributed by atoms with E-state index in [-0.39, 0.29) is 4.90 Å². The molecule has 0 saturated heterocycles. The van der Waals surface area contributed by atoms with Crippen LogP contribution in [0.1, 0.15) is 18.1 Å². The second-order valence-electron chi connectivity index (χ2n) is 5.14. The van der Waals surface area contributed by atoms with Crippen LogP contribution < -0.4 is 9.04 Å². The van der Waals surface area contributed by atoms with E-state index >= 15 is 0 Å². The van der Waals surface area contributed by atoms with Crippen LogP contribution in [-0.2, 0) is 10.0 Å². The topological polar surface area (TPSA) is 46.6 Å². The van der Waals surface area contributed by atoms with E-state index < -0.39 is 10.0 Å². The molecule has 0 aliphatic rings. The van der Waals surface area contributed by atoms with Gasteiger partial charge in [-0.2, -0.15) is 0 Å². The lowest BCUT2D eigenvalue weighted by molar-refractivity contribution is 0.414. The van der Waals surface area contributed by atoms with E-state index in [1.54, 1.807) is 31.4 Å². The number of hydrogen-bond acceptors (Lipinski definition) is 3. The third-order valence-electron chi connectivity index (χ3n) is 3.57. The summed E-state index contributed by atoms with van der Waals surface area (Å²) < 4.78 is 32.3. The van der Waals surface area contributed by atoms with Crippen molar-refractivity contribution >= 4 is 15.7 Å². The summed E-state index contributed by atoms with van der Waals surface area (Å²) in [4.78, 5) is 0.260. The van der Waals surface area contributed by atoms with Gasteiger partial charge >= 0.3 is 0 Å². The Balaban J connectivity index is 2.50. The minimum atomic E-state index is -3.59. The van der Waals surface area contributed by atoms with Crippen molar-refractivity contribution in [2.24, 2.45) is 0 Å². The molecule has 0 N–H and O–H groups in total. The summed E-state index contributed by atoms with van der Waals surface area (Å²) in [7, 11) is -2.04. The van der Waals surface area contributed by atoms with E-state index in [0.29, 0.717) is 12.3 Å². The lowest BCUT2D eigenvalue weighted by atomic mass is 10.1. The fourth-order valence-electron chi connectivity index (χ4n) is 2.33. The highest BCUT2D eigenvalue weighted by Crippen LogP contribution is 2.28. The van der Waals surface area contributed by atoms with E-state index in [1.807, 2.05) is 39.0 Å². The lowest BCUT2D eigenvalue weighted by Gasteiger charge is -2.25. The van der Waals surface area contributed by atoms with Gasteiger partial charge in [-0.15, -0.1) is 0 Å². The molecule has 0 fully saturated rings. The predicted molar refractivity (Wildman–Crippen MR) is 89.1 cm³/mol. The van der Waals surface area contributed by atoms with Gasteiger partial charge in [0, 0.05) is 6.54 Å². The zero-order valence-corrected chi connectivity index (χ0v) is 14.1. The van der Waals surface area contributed by atoms with Crippen molar-refractivity contribution in [3.63, 3.8) is 0 Å². The monoisotopic (exact) mass is 319 g/mol. The van der Waals surface area contributed by atoms with Gasteiger partial charge in [0.2, 0.25) is 0 Å². The molecule has 0 saturated carbocycles. The maximum Gasteiger partial charge on any atom is 0.264 e. The number of anilines is 1. The highest BCUT2D eigenvalue weighted by Gasteiger charge is 2.24. The third-order valence-corrected chi connectivity index (χ3v) is 5.47. The molecule has 0 radical (unpaired) electrons. The molecule has 118 valence electrons. The highest BCUT2D eigenvalue weighted by molar-refractivity contribution is 7.92. The van der Waals surface area contributed by atoms with Gasteiger partial charge in [0.15, 0.2) is 0 Å². The summed E-state index contributed by atoms with van der Waals surface area (Å²) in [6.45, 7) is 6.08. The van der Waals surface area contributed by atoms with Gasteiger partial charge in [-0.05, 0) is 62.2 Å². The molecule has 4 nitrogen and oxygen atoms in total. The van der Waals surface area contributed by atoms with Crippen molar-refractivity contribution in [2.75, 3.05) is 18.0 Å². The Kier molecular flexibility index (Phi) is 4.76. The van der Waals surface area contributed by atoms with Gasteiger partial charge in [-0.3, -0.25) is 4.31 Å². The zero-order chi connectivity index (χ0) is 16.3. The number of sulfonamides is 1. The van der Waals surface area contributed by atoms with E-state index in [1.165, 1.54) is 4.31 Å². The molecule has 0 unspecified atom stereocenters. The van der Waals surface area contributed by atoms with Crippen molar-refractivity contribution in [1.29, 1.82) is 0 Å². The Morgan fingerprint density at radius 3 is 2.23 bits per heavy atom. The number of benzene rings is 2. The molecule has 22 heavy (non-hydrogen) atoms. The van der Waals surface area contributed by atoms with Crippen LogP contribution in [0.15, 0.2) is 47.4 Å². The van der Waals surface area contributed by atoms with Crippen molar-refractivity contribution in [2.45, 2.75) is 25.7 Å². The molecule has 2 aromatic rings. The van der Waals surface area contributed by atoms with Crippen LogP contribution in [0, 0.1) is 13.8 Å².